The van der Waals surface area contributed by atoms with Gasteiger partial charge in [-0.05, 0) is 35.6 Å². The van der Waals surface area contributed by atoms with Crippen LogP contribution in [-0.4, -0.2) is 38.7 Å². The Hall–Kier alpha value is -2.71. The van der Waals surface area contributed by atoms with E-state index in [9.17, 15) is 24.2 Å². The number of benzene rings is 1. The molecule has 1 aliphatic rings. The van der Waals surface area contributed by atoms with E-state index in [1.807, 2.05) is 13.8 Å². The minimum Gasteiger partial charge on any atom is -0.503 e. The number of aromatic nitrogens is 1. The fourth-order valence-electron chi connectivity index (χ4n) is 3.60. The van der Waals surface area contributed by atoms with E-state index >= 15 is 0 Å². The Bertz CT molecular complexity index is 969. The standard InChI is InChI=1S/C21H26FN3O4/c1-12(2)10-23-19(27)17-15-8-9-25(11-13-4-6-14(22)7-5-13)20(28)16(15)18(26)21(29)24(17)3/h4-7,12,20,26,28H,8-11H2,1-3H3,(H,23,27). The SMILES string of the molecule is CC(C)CNC(=O)c1c2c(c(O)c(=O)n1C)C(O)N(Cc1ccc(F)cc1)CC2. The number of amides is 1. The van der Waals surface area contributed by atoms with Gasteiger partial charge in [-0.3, -0.25) is 14.5 Å². The summed E-state index contributed by atoms with van der Waals surface area (Å²) < 4.78 is 14.3. The lowest BCUT2D eigenvalue weighted by molar-refractivity contribution is -0.0144. The molecular formula is C21H26FN3O4. The molecule has 0 bridgehead atoms. The van der Waals surface area contributed by atoms with Gasteiger partial charge in [0, 0.05) is 32.2 Å². The van der Waals surface area contributed by atoms with E-state index in [0.717, 1.165) is 10.1 Å². The number of carbonyl (C=O) groups excluding carboxylic acids is 1. The average Bonchev–Trinajstić information content (AvgIpc) is 2.68. The maximum atomic E-state index is 13.1. The summed E-state index contributed by atoms with van der Waals surface area (Å²) in [5, 5.41) is 24.1. The molecule has 1 aromatic heterocycles. The maximum absolute atomic E-state index is 13.1. The summed E-state index contributed by atoms with van der Waals surface area (Å²) in [6, 6.07) is 5.91. The smallest absolute Gasteiger partial charge is 0.293 e. The third-order valence-corrected chi connectivity index (χ3v) is 5.15. The Morgan fingerprint density at radius 1 is 1.31 bits per heavy atom. The molecule has 156 valence electrons. The van der Waals surface area contributed by atoms with Gasteiger partial charge >= 0.3 is 0 Å². The van der Waals surface area contributed by atoms with Crippen LogP contribution in [0, 0.1) is 11.7 Å². The highest BCUT2D eigenvalue weighted by Crippen LogP contribution is 2.35. The highest BCUT2D eigenvalue weighted by molar-refractivity contribution is 5.94. The van der Waals surface area contributed by atoms with Crippen LogP contribution < -0.4 is 10.9 Å². The summed E-state index contributed by atoms with van der Waals surface area (Å²) in [5.74, 6) is -1.08. The first kappa shape index (κ1) is 21.0. The minimum absolute atomic E-state index is 0.0659. The molecule has 1 aliphatic heterocycles. The Balaban J connectivity index is 1.97. The van der Waals surface area contributed by atoms with Gasteiger partial charge in [-0.1, -0.05) is 26.0 Å². The fourth-order valence-corrected chi connectivity index (χ4v) is 3.60. The molecule has 0 fully saturated rings. The van der Waals surface area contributed by atoms with Gasteiger partial charge in [-0.2, -0.15) is 0 Å². The maximum Gasteiger partial charge on any atom is 0.293 e. The molecule has 29 heavy (non-hydrogen) atoms. The van der Waals surface area contributed by atoms with Crippen molar-refractivity contribution in [3.05, 3.63) is 62.8 Å². The van der Waals surface area contributed by atoms with Crippen molar-refractivity contribution in [2.75, 3.05) is 13.1 Å². The molecule has 0 aliphatic carbocycles. The topological polar surface area (TPSA) is 94.8 Å². The van der Waals surface area contributed by atoms with Gasteiger partial charge in [0.2, 0.25) is 0 Å². The molecule has 8 heteroatoms. The number of halogens is 1. The molecule has 1 atom stereocenters. The average molecular weight is 403 g/mol. The van der Waals surface area contributed by atoms with Gasteiger partial charge in [0.25, 0.3) is 11.5 Å². The number of hydrogen-bond donors (Lipinski definition) is 3. The number of aliphatic hydroxyl groups excluding tert-OH is 1. The van der Waals surface area contributed by atoms with Crippen LogP contribution in [0.1, 0.15) is 47.3 Å². The zero-order valence-corrected chi connectivity index (χ0v) is 16.8. The molecular weight excluding hydrogens is 377 g/mol. The monoisotopic (exact) mass is 403 g/mol. The lowest BCUT2D eigenvalue weighted by Gasteiger charge is -2.35. The summed E-state index contributed by atoms with van der Waals surface area (Å²) in [4.78, 5) is 26.9. The van der Waals surface area contributed by atoms with E-state index in [4.69, 9.17) is 0 Å². The molecule has 2 aromatic rings. The molecule has 3 rings (SSSR count). The van der Waals surface area contributed by atoms with Crippen LogP contribution in [0.4, 0.5) is 4.39 Å². The van der Waals surface area contributed by atoms with Crippen LogP contribution in [0.2, 0.25) is 0 Å². The molecule has 0 radical (unpaired) electrons. The van der Waals surface area contributed by atoms with Gasteiger partial charge in [0.15, 0.2) is 5.75 Å². The molecule has 0 spiro atoms. The highest BCUT2D eigenvalue weighted by atomic mass is 19.1. The minimum atomic E-state index is -1.26. The zero-order chi connectivity index (χ0) is 21.3. The van der Waals surface area contributed by atoms with E-state index in [1.54, 1.807) is 17.0 Å². The van der Waals surface area contributed by atoms with Gasteiger partial charge in [0.05, 0.1) is 0 Å². The highest BCUT2D eigenvalue weighted by Gasteiger charge is 2.34. The van der Waals surface area contributed by atoms with Crippen molar-refractivity contribution in [2.45, 2.75) is 33.0 Å². The Morgan fingerprint density at radius 2 is 1.97 bits per heavy atom. The van der Waals surface area contributed by atoms with E-state index in [0.29, 0.717) is 31.6 Å². The summed E-state index contributed by atoms with van der Waals surface area (Å²) in [7, 11) is 1.43. The van der Waals surface area contributed by atoms with Crippen molar-refractivity contribution in [2.24, 2.45) is 13.0 Å². The van der Waals surface area contributed by atoms with Crippen molar-refractivity contribution < 1.29 is 19.4 Å². The summed E-state index contributed by atoms with van der Waals surface area (Å²) in [6.45, 7) is 5.09. The first-order valence-electron chi connectivity index (χ1n) is 9.60. The molecule has 2 heterocycles. The number of nitrogens with one attached hydrogen (secondary N) is 1. The molecule has 1 unspecified atom stereocenters. The predicted octanol–water partition coefficient (Wildman–Crippen LogP) is 1.66. The van der Waals surface area contributed by atoms with Crippen LogP contribution in [0.5, 0.6) is 5.75 Å². The summed E-state index contributed by atoms with van der Waals surface area (Å²) >= 11 is 0. The first-order valence-corrected chi connectivity index (χ1v) is 9.60. The van der Waals surface area contributed by atoms with Crippen molar-refractivity contribution in [3.63, 3.8) is 0 Å². The molecule has 3 N–H and O–H groups in total. The summed E-state index contributed by atoms with van der Waals surface area (Å²) in [5.41, 5.74) is 0.738. The normalized spacial score (nSPS) is 16.7. The largest absolute Gasteiger partial charge is 0.503 e. The van der Waals surface area contributed by atoms with Gasteiger partial charge in [0.1, 0.15) is 17.7 Å². The number of aliphatic hydroxyl groups is 1. The van der Waals surface area contributed by atoms with Crippen LogP contribution in [0.25, 0.3) is 0 Å². The molecule has 0 saturated carbocycles. The van der Waals surface area contributed by atoms with Crippen molar-refractivity contribution >= 4 is 5.91 Å². The molecule has 1 amide bonds. The second-order valence-electron chi connectivity index (χ2n) is 7.78. The lowest BCUT2D eigenvalue weighted by Crippen LogP contribution is -2.41. The van der Waals surface area contributed by atoms with Crippen LogP contribution >= 0.6 is 0 Å². The van der Waals surface area contributed by atoms with Crippen molar-refractivity contribution in [3.8, 4) is 5.75 Å². The number of fused-ring (bicyclic) bond motifs is 1. The second kappa shape index (κ2) is 8.34. The van der Waals surface area contributed by atoms with Gasteiger partial charge in [-0.25, -0.2) is 4.39 Å². The van der Waals surface area contributed by atoms with E-state index in [-0.39, 0.29) is 23.0 Å². The van der Waals surface area contributed by atoms with E-state index in [2.05, 4.69) is 5.32 Å². The van der Waals surface area contributed by atoms with E-state index in [1.165, 1.54) is 19.2 Å². The molecule has 0 saturated heterocycles. The lowest BCUT2D eigenvalue weighted by atomic mass is 9.94. The molecule has 1 aromatic carbocycles. The van der Waals surface area contributed by atoms with Crippen LogP contribution in [-0.2, 0) is 20.0 Å². The Kier molecular flexibility index (Phi) is 6.04. The van der Waals surface area contributed by atoms with Crippen LogP contribution in [0.3, 0.4) is 0 Å². The fraction of sp³-hybridized carbons (Fsp3) is 0.429. The Morgan fingerprint density at radius 3 is 2.59 bits per heavy atom. The number of rotatable bonds is 5. The second-order valence-corrected chi connectivity index (χ2v) is 7.78. The van der Waals surface area contributed by atoms with Crippen molar-refractivity contribution in [1.29, 1.82) is 0 Å². The number of carbonyl (C=O) groups is 1. The predicted molar refractivity (Wildman–Crippen MR) is 106 cm³/mol. The van der Waals surface area contributed by atoms with Crippen molar-refractivity contribution in [1.82, 2.24) is 14.8 Å². The Labute approximate surface area is 168 Å². The number of hydrogen-bond acceptors (Lipinski definition) is 5. The third-order valence-electron chi connectivity index (χ3n) is 5.15. The van der Waals surface area contributed by atoms with Crippen LogP contribution in [0.15, 0.2) is 29.1 Å². The van der Waals surface area contributed by atoms with Gasteiger partial charge in [-0.15, -0.1) is 0 Å². The number of aromatic hydroxyl groups is 1. The van der Waals surface area contributed by atoms with E-state index < -0.39 is 23.4 Å². The zero-order valence-electron chi connectivity index (χ0n) is 16.8. The van der Waals surface area contributed by atoms with Gasteiger partial charge < -0.3 is 20.1 Å². The first-order chi connectivity index (χ1) is 13.7. The quantitative estimate of drug-likeness (QED) is 0.706. The number of nitrogens with zero attached hydrogens (tertiary/aromatic N) is 2. The third kappa shape index (κ3) is 4.18. The summed E-state index contributed by atoms with van der Waals surface area (Å²) in [6.07, 6.45) is -0.881. The molecule has 7 nitrogen and oxygen atoms in total. The number of pyridine rings is 1.